The molecule has 0 bridgehead atoms. The van der Waals surface area contributed by atoms with Crippen LogP contribution in [-0.2, 0) is 0 Å². The van der Waals surface area contributed by atoms with E-state index in [1.54, 1.807) is 0 Å². The molecule has 2 aromatic carbocycles. The molecular weight excluding hydrogens is 242 g/mol. The molecule has 0 aromatic heterocycles. The molecule has 0 amide bonds. The normalized spacial score (nSPS) is 18.2. The van der Waals surface area contributed by atoms with Crippen molar-refractivity contribution < 1.29 is 0 Å². The maximum atomic E-state index is 3.84. The molecule has 1 N–H and O–H groups in total. The average molecular weight is 263 g/mol. The molecule has 2 aromatic rings. The molecule has 2 aliphatic carbocycles. The van der Waals surface area contributed by atoms with Crippen LogP contribution in [0, 0.1) is 5.92 Å². The lowest BCUT2D eigenvalue weighted by Gasteiger charge is -2.18. The molecule has 0 radical (unpaired) electrons. The van der Waals surface area contributed by atoms with Gasteiger partial charge < -0.3 is 5.32 Å². The number of hydrogen-bond donors (Lipinski definition) is 1. The molecule has 2 aliphatic rings. The van der Waals surface area contributed by atoms with Crippen molar-refractivity contribution in [3.05, 3.63) is 59.7 Å². The van der Waals surface area contributed by atoms with E-state index >= 15 is 0 Å². The van der Waals surface area contributed by atoms with Crippen LogP contribution >= 0.6 is 0 Å². The molecule has 0 heterocycles. The van der Waals surface area contributed by atoms with Crippen LogP contribution in [0.2, 0.25) is 0 Å². The van der Waals surface area contributed by atoms with Crippen LogP contribution in [0.1, 0.15) is 42.9 Å². The molecule has 0 unspecified atom stereocenters. The third-order valence-electron chi connectivity index (χ3n) is 4.92. The molecule has 1 heteroatoms. The molecule has 1 fully saturated rings. The first-order valence-electron chi connectivity index (χ1n) is 7.85. The van der Waals surface area contributed by atoms with Crippen molar-refractivity contribution in [2.45, 2.75) is 31.7 Å². The van der Waals surface area contributed by atoms with Crippen LogP contribution in [0.25, 0.3) is 11.1 Å². The van der Waals surface area contributed by atoms with Crippen LogP contribution in [0.15, 0.2) is 48.5 Å². The quantitative estimate of drug-likeness (QED) is 0.857. The van der Waals surface area contributed by atoms with Crippen LogP contribution in [-0.4, -0.2) is 6.54 Å². The number of nitrogens with one attached hydrogen (secondary N) is 1. The topological polar surface area (TPSA) is 12.0 Å². The minimum absolute atomic E-state index is 0.392. The fourth-order valence-electron chi connectivity index (χ4n) is 3.87. The smallest absolute Gasteiger partial charge is 0.0589 e. The molecule has 1 saturated carbocycles. The van der Waals surface area contributed by atoms with E-state index in [9.17, 15) is 0 Å². The van der Waals surface area contributed by atoms with E-state index < -0.39 is 0 Å². The van der Waals surface area contributed by atoms with Crippen LogP contribution in [0.5, 0.6) is 0 Å². The molecule has 0 aliphatic heterocycles. The summed E-state index contributed by atoms with van der Waals surface area (Å²) in [6.45, 7) is 1.16. The molecule has 102 valence electrons. The Kier molecular flexibility index (Phi) is 3.08. The zero-order valence-corrected chi connectivity index (χ0v) is 11.8. The van der Waals surface area contributed by atoms with E-state index in [0.717, 1.165) is 12.5 Å². The van der Waals surface area contributed by atoms with Gasteiger partial charge in [-0.3, -0.25) is 0 Å². The summed E-state index contributed by atoms with van der Waals surface area (Å²) in [5, 5.41) is 3.84. The first kappa shape index (κ1) is 12.2. The Morgan fingerprint density at radius 2 is 1.35 bits per heavy atom. The lowest BCUT2D eigenvalue weighted by atomic mass is 10.0. The van der Waals surface area contributed by atoms with Crippen molar-refractivity contribution in [1.82, 2.24) is 5.32 Å². The highest BCUT2D eigenvalue weighted by Gasteiger charge is 2.28. The summed E-state index contributed by atoms with van der Waals surface area (Å²) >= 11 is 0. The number of fused-ring (bicyclic) bond motifs is 3. The Hall–Kier alpha value is -1.60. The van der Waals surface area contributed by atoms with Crippen molar-refractivity contribution in [3.8, 4) is 11.1 Å². The largest absolute Gasteiger partial charge is 0.306 e. The van der Waals surface area contributed by atoms with Gasteiger partial charge in [0.2, 0.25) is 0 Å². The Balaban J connectivity index is 1.64. The minimum Gasteiger partial charge on any atom is -0.306 e. The molecule has 0 spiro atoms. The van der Waals surface area contributed by atoms with E-state index in [1.807, 2.05) is 0 Å². The standard InChI is InChI=1S/C19H21N/c1-2-8-14(7-1)13-20-19-17-11-5-3-9-15(17)16-10-4-6-12-18(16)19/h3-6,9-12,14,19-20H,1-2,7-8,13H2. The summed E-state index contributed by atoms with van der Waals surface area (Å²) in [6, 6.07) is 18.1. The molecular formula is C19H21N. The van der Waals surface area contributed by atoms with Crippen molar-refractivity contribution in [3.63, 3.8) is 0 Å². The van der Waals surface area contributed by atoms with Gasteiger partial charge in [-0.15, -0.1) is 0 Å². The lowest BCUT2D eigenvalue weighted by Crippen LogP contribution is -2.26. The van der Waals surface area contributed by atoms with E-state index in [0.29, 0.717) is 6.04 Å². The molecule has 0 saturated heterocycles. The number of hydrogen-bond acceptors (Lipinski definition) is 1. The number of benzene rings is 2. The summed E-state index contributed by atoms with van der Waals surface area (Å²) < 4.78 is 0. The van der Waals surface area contributed by atoms with Gasteiger partial charge in [0.25, 0.3) is 0 Å². The highest BCUT2D eigenvalue weighted by Crippen LogP contribution is 2.43. The molecule has 4 rings (SSSR count). The third kappa shape index (κ3) is 1.97. The zero-order chi connectivity index (χ0) is 13.4. The predicted molar refractivity (Wildman–Crippen MR) is 83.7 cm³/mol. The summed E-state index contributed by atoms with van der Waals surface area (Å²) in [5.41, 5.74) is 5.72. The maximum absolute atomic E-state index is 3.84. The zero-order valence-electron chi connectivity index (χ0n) is 11.8. The molecule has 20 heavy (non-hydrogen) atoms. The first-order chi connectivity index (χ1) is 9.93. The molecule has 0 atom stereocenters. The van der Waals surface area contributed by atoms with Crippen molar-refractivity contribution in [2.24, 2.45) is 5.92 Å². The Morgan fingerprint density at radius 1 is 0.800 bits per heavy atom. The van der Waals surface area contributed by atoms with Crippen LogP contribution in [0.4, 0.5) is 0 Å². The van der Waals surface area contributed by atoms with Gasteiger partial charge >= 0.3 is 0 Å². The number of rotatable bonds is 3. The van der Waals surface area contributed by atoms with E-state index in [-0.39, 0.29) is 0 Å². The van der Waals surface area contributed by atoms with Gasteiger partial charge in [-0.1, -0.05) is 61.4 Å². The second-order valence-corrected chi connectivity index (χ2v) is 6.17. The van der Waals surface area contributed by atoms with Crippen LogP contribution in [0.3, 0.4) is 0 Å². The van der Waals surface area contributed by atoms with Crippen molar-refractivity contribution in [2.75, 3.05) is 6.54 Å². The Morgan fingerprint density at radius 3 is 1.95 bits per heavy atom. The first-order valence-corrected chi connectivity index (χ1v) is 7.85. The van der Waals surface area contributed by atoms with Gasteiger partial charge in [0, 0.05) is 0 Å². The fourth-order valence-corrected chi connectivity index (χ4v) is 3.87. The predicted octanol–water partition coefficient (Wildman–Crippen LogP) is 4.54. The van der Waals surface area contributed by atoms with Gasteiger partial charge in [0.05, 0.1) is 6.04 Å². The van der Waals surface area contributed by atoms with Gasteiger partial charge in [0.15, 0.2) is 0 Å². The minimum atomic E-state index is 0.392. The lowest BCUT2D eigenvalue weighted by molar-refractivity contribution is 0.467. The van der Waals surface area contributed by atoms with Crippen molar-refractivity contribution >= 4 is 0 Å². The second-order valence-electron chi connectivity index (χ2n) is 6.17. The van der Waals surface area contributed by atoms with Crippen LogP contribution < -0.4 is 5.32 Å². The van der Waals surface area contributed by atoms with E-state index in [2.05, 4.69) is 53.8 Å². The monoisotopic (exact) mass is 263 g/mol. The van der Waals surface area contributed by atoms with Gasteiger partial charge in [-0.2, -0.15) is 0 Å². The van der Waals surface area contributed by atoms with Crippen molar-refractivity contribution in [1.29, 1.82) is 0 Å². The highest BCUT2D eigenvalue weighted by atomic mass is 14.9. The fraction of sp³-hybridized carbons (Fsp3) is 0.368. The maximum Gasteiger partial charge on any atom is 0.0589 e. The summed E-state index contributed by atoms with van der Waals surface area (Å²) in [6.07, 6.45) is 5.65. The van der Waals surface area contributed by atoms with E-state index in [1.165, 1.54) is 47.9 Å². The van der Waals surface area contributed by atoms with E-state index in [4.69, 9.17) is 0 Å². The second kappa shape index (κ2) is 5.06. The Bertz CT molecular complexity index is 565. The Labute approximate surface area is 121 Å². The van der Waals surface area contributed by atoms with Gasteiger partial charge in [0.1, 0.15) is 0 Å². The third-order valence-corrected chi connectivity index (χ3v) is 4.92. The van der Waals surface area contributed by atoms with Gasteiger partial charge in [-0.25, -0.2) is 0 Å². The van der Waals surface area contributed by atoms with Gasteiger partial charge in [-0.05, 0) is 47.6 Å². The highest BCUT2D eigenvalue weighted by molar-refractivity contribution is 5.78. The SMILES string of the molecule is c1ccc2c(c1)-c1ccccc1C2NCC1CCCC1. The molecule has 1 nitrogen and oxygen atoms in total. The summed E-state index contributed by atoms with van der Waals surface area (Å²) in [5.74, 6) is 0.884. The summed E-state index contributed by atoms with van der Waals surface area (Å²) in [4.78, 5) is 0. The summed E-state index contributed by atoms with van der Waals surface area (Å²) in [7, 11) is 0. The average Bonchev–Trinajstić information content (AvgIpc) is 3.11.